The molecule has 0 bridgehead atoms. The number of carbonyl (C=O) groups excluding carboxylic acids is 1. The van der Waals surface area contributed by atoms with Crippen LogP contribution in [0.25, 0.3) is 11.1 Å². The molecule has 1 saturated carbocycles. The smallest absolute Gasteiger partial charge is 0.326 e. The molecule has 2 aromatic carbocycles. The number of carboxylic acids is 1. The van der Waals surface area contributed by atoms with E-state index in [2.05, 4.69) is 49.3 Å². The molecule has 1 amide bonds. The molecule has 0 saturated heterocycles. The van der Waals surface area contributed by atoms with Crippen molar-refractivity contribution >= 4 is 35.4 Å². The molecule has 0 aromatic heterocycles. The molecule has 0 spiro atoms. The first-order valence-corrected chi connectivity index (χ1v) is 16.9. The molecule has 39 heavy (non-hydrogen) atoms. The highest BCUT2D eigenvalue weighted by Gasteiger charge is 2.25. The number of hydrogen-bond donors (Lipinski definition) is 2. The number of nitrogens with zero attached hydrogens (tertiary/aromatic N) is 1. The van der Waals surface area contributed by atoms with E-state index < -0.39 is 12.0 Å². The highest BCUT2D eigenvalue weighted by Crippen LogP contribution is 2.30. The van der Waals surface area contributed by atoms with Crippen molar-refractivity contribution in [2.24, 2.45) is 0 Å². The second kappa shape index (κ2) is 16.3. The zero-order chi connectivity index (χ0) is 28.2. The molecule has 7 heteroatoms. The van der Waals surface area contributed by atoms with E-state index in [0.29, 0.717) is 29.8 Å². The van der Waals surface area contributed by atoms with Crippen LogP contribution in [0.15, 0.2) is 42.5 Å². The fourth-order valence-electron chi connectivity index (χ4n) is 5.55. The normalized spacial score (nSPS) is 15.7. The Labute approximate surface area is 243 Å². The summed E-state index contributed by atoms with van der Waals surface area (Å²) in [5.74, 6) is 1.62. The van der Waals surface area contributed by atoms with Gasteiger partial charge in [0.2, 0.25) is 0 Å². The minimum atomic E-state index is -0.996. The number of amides is 1. The molecule has 0 heterocycles. The first kappa shape index (κ1) is 31.6. The van der Waals surface area contributed by atoms with Crippen molar-refractivity contribution < 1.29 is 14.7 Å². The standard InChI is InChI=1S/C32H46N2O3S2/c1-5-39-22-26(34(3)25-12-7-6-8-13-25)17-15-24-16-18-28(29(21-24)27-14-10-9-11-23(27)2)31(35)33-30(32(36)37)19-20-38-4/h9-11,14,16,18,21,25-26,30H,5-8,12-13,15,17,19-20,22H2,1-4H3,(H,33,35)(H,36,37)/t26?,30-/m0/s1. The molecule has 3 rings (SSSR count). The molecular formula is C32H46N2O3S2. The van der Waals surface area contributed by atoms with E-state index in [1.807, 2.05) is 42.3 Å². The second-order valence-electron chi connectivity index (χ2n) is 10.6. The summed E-state index contributed by atoms with van der Waals surface area (Å²) in [6.07, 6.45) is 11.0. The fraction of sp³-hybridized carbons (Fsp3) is 0.562. The third-order valence-corrected chi connectivity index (χ3v) is 9.66. The predicted molar refractivity (Wildman–Crippen MR) is 168 cm³/mol. The van der Waals surface area contributed by atoms with Crippen molar-refractivity contribution in [3.05, 3.63) is 59.2 Å². The number of carbonyl (C=O) groups is 2. The molecule has 2 N–H and O–H groups in total. The molecule has 2 aromatic rings. The third-order valence-electron chi connectivity index (χ3n) is 7.99. The van der Waals surface area contributed by atoms with Crippen molar-refractivity contribution in [3.8, 4) is 11.1 Å². The molecule has 1 unspecified atom stereocenters. The van der Waals surface area contributed by atoms with Crippen LogP contribution in [0.1, 0.15) is 73.4 Å². The third kappa shape index (κ3) is 9.29. The van der Waals surface area contributed by atoms with Crippen LogP contribution in [0.3, 0.4) is 0 Å². The van der Waals surface area contributed by atoms with E-state index >= 15 is 0 Å². The Morgan fingerprint density at radius 3 is 2.49 bits per heavy atom. The molecule has 1 aliphatic carbocycles. The average molecular weight is 571 g/mol. The minimum Gasteiger partial charge on any atom is -0.480 e. The first-order chi connectivity index (χ1) is 18.8. The Hall–Kier alpha value is -1.96. The lowest BCUT2D eigenvalue weighted by Crippen LogP contribution is -2.43. The van der Waals surface area contributed by atoms with Gasteiger partial charge in [0, 0.05) is 23.4 Å². The topological polar surface area (TPSA) is 69.6 Å². The van der Waals surface area contributed by atoms with Crippen LogP contribution in [0.2, 0.25) is 0 Å². The molecule has 214 valence electrons. The van der Waals surface area contributed by atoms with Gasteiger partial charge in [0.05, 0.1) is 0 Å². The van der Waals surface area contributed by atoms with Gasteiger partial charge >= 0.3 is 5.97 Å². The van der Waals surface area contributed by atoms with Gasteiger partial charge in [0.1, 0.15) is 6.04 Å². The predicted octanol–water partition coefficient (Wildman–Crippen LogP) is 6.92. The van der Waals surface area contributed by atoms with Crippen molar-refractivity contribution in [1.82, 2.24) is 10.2 Å². The van der Waals surface area contributed by atoms with Gasteiger partial charge in [-0.05, 0) is 92.2 Å². The van der Waals surface area contributed by atoms with Gasteiger partial charge < -0.3 is 10.4 Å². The zero-order valence-corrected chi connectivity index (χ0v) is 25.7. The Bertz CT molecular complexity index is 1070. The van der Waals surface area contributed by atoms with E-state index in [0.717, 1.165) is 41.0 Å². The summed E-state index contributed by atoms with van der Waals surface area (Å²) in [7, 11) is 2.32. The van der Waals surface area contributed by atoms with Crippen LogP contribution in [0.5, 0.6) is 0 Å². The summed E-state index contributed by atoms with van der Waals surface area (Å²) in [5, 5.41) is 12.4. The summed E-state index contributed by atoms with van der Waals surface area (Å²) < 4.78 is 0. The molecule has 0 radical (unpaired) electrons. The van der Waals surface area contributed by atoms with Crippen LogP contribution in [-0.4, -0.2) is 70.6 Å². The van der Waals surface area contributed by atoms with Crippen LogP contribution < -0.4 is 5.32 Å². The zero-order valence-electron chi connectivity index (χ0n) is 24.1. The number of aryl methyl sites for hydroxylation is 2. The van der Waals surface area contributed by atoms with Crippen molar-refractivity contribution in [1.29, 1.82) is 0 Å². The molecule has 5 nitrogen and oxygen atoms in total. The largest absolute Gasteiger partial charge is 0.480 e. The Morgan fingerprint density at radius 1 is 1.08 bits per heavy atom. The Morgan fingerprint density at radius 2 is 1.82 bits per heavy atom. The van der Waals surface area contributed by atoms with E-state index in [1.54, 1.807) is 11.8 Å². The monoisotopic (exact) mass is 570 g/mol. The fourth-order valence-corrected chi connectivity index (χ4v) is 6.93. The lowest BCUT2D eigenvalue weighted by Gasteiger charge is -2.37. The number of benzene rings is 2. The lowest BCUT2D eigenvalue weighted by molar-refractivity contribution is -0.139. The first-order valence-electron chi connectivity index (χ1n) is 14.4. The van der Waals surface area contributed by atoms with Gasteiger partial charge in [-0.3, -0.25) is 9.69 Å². The van der Waals surface area contributed by atoms with Gasteiger partial charge in [-0.15, -0.1) is 0 Å². The maximum atomic E-state index is 13.4. The summed E-state index contributed by atoms with van der Waals surface area (Å²) in [6, 6.07) is 14.5. The Balaban J connectivity index is 1.85. The average Bonchev–Trinajstić information content (AvgIpc) is 2.95. The summed E-state index contributed by atoms with van der Waals surface area (Å²) >= 11 is 3.60. The van der Waals surface area contributed by atoms with Crippen LogP contribution >= 0.6 is 23.5 Å². The van der Waals surface area contributed by atoms with E-state index in [4.69, 9.17) is 0 Å². The van der Waals surface area contributed by atoms with Crippen molar-refractivity contribution in [2.45, 2.75) is 83.3 Å². The minimum absolute atomic E-state index is 0.331. The SMILES string of the molecule is CCSCC(CCc1ccc(C(=O)N[C@@H](CCSC)C(=O)O)c(-c2ccccc2C)c1)N(C)C1CCCCC1. The van der Waals surface area contributed by atoms with Crippen molar-refractivity contribution in [3.63, 3.8) is 0 Å². The van der Waals surface area contributed by atoms with Crippen molar-refractivity contribution in [2.75, 3.05) is 30.6 Å². The van der Waals surface area contributed by atoms with Gasteiger partial charge in [0.15, 0.2) is 0 Å². The molecular weight excluding hydrogens is 524 g/mol. The summed E-state index contributed by atoms with van der Waals surface area (Å²) in [4.78, 5) is 27.8. The van der Waals surface area contributed by atoms with Gasteiger partial charge in [-0.1, -0.05) is 62.6 Å². The van der Waals surface area contributed by atoms with Gasteiger partial charge in [0.25, 0.3) is 5.91 Å². The quantitative estimate of drug-likeness (QED) is 0.242. The number of aliphatic carboxylic acids is 1. The number of carboxylic acid groups (broad SMARTS) is 1. The highest BCUT2D eigenvalue weighted by atomic mass is 32.2. The lowest BCUT2D eigenvalue weighted by atomic mass is 9.91. The number of nitrogens with one attached hydrogen (secondary N) is 1. The maximum Gasteiger partial charge on any atom is 0.326 e. The number of rotatable bonds is 15. The molecule has 2 atom stereocenters. The van der Waals surface area contributed by atoms with E-state index in [-0.39, 0.29) is 5.91 Å². The second-order valence-corrected chi connectivity index (χ2v) is 13.0. The molecule has 1 fully saturated rings. The Kier molecular flexibility index (Phi) is 13.2. The number of hydrogen-bond acceptors (Lipinski definition) is 5. The number of thioether (sulfide) groups is 2. The van der Waals surface area contributed by atoms with E-state index in [9.17, 15) is 14.7 Å². The van der Waals surface area contributed by atoms with Gasteiger partial charge in [-0.25, -0.2) is 4.79 Å². The molecule has 0 aliphatic heterocycles. The highest BCUT2D eigenvalue weighted by molar-refractivity contribution is 7.99. The van der Waals surface area contributed by atoms with Crippen LogP contribution in [0, 0.1) is 6.92 Å². The summed E-state index contributed by atoms with van der Waals surface area (Å²) in [6.45, 7) is 4.29. The summed E-state index contributed by atoms with van der Waals surface area (Å²) in [5.41, 5.74) is 4.72. The van der Waals surface area contributed by atoms with Gasteiger partial charge in [-0.2, -0.15) is 23.5 Å². The maximum absolute atomic E-state index is 13.4. The van der Waals surface area contributed by atoms with E-state index in [1.165, 1.54) is 37.7 Å². The van der Waals surface area contributed by atoms with Crippen LogP contribution in [0.4, 0.5) is 0 Å². The molecule has 1 aliphatic rings. The van der Waals surface area contributed by atoms with Crippen LogP contribution in [-0.2, 0) is 11.2 Å².